The molecule has 1 amide bonds. The second-order valence-corrected chi connectivity index (χ2v) is 6.60. The van der Waals surface area contributed by atoms with E-state index in [1.807, 2.05) is 13.0 Å². The third-order valence-electron chi connectivity index (χ3n) is 4.58. The summed E-state index contributed by atoms with van der Waals surface area (Å²) in [5, 5.41) is 2.92. The molecule has 4 nitrogen and oxygen atoms in total. The normalized spacial score (nSPS) is 32.6. The van der Waals surface area contributed by atoms with Crippen LogP contribution in [0.15, 0.2) is 16.7 Å². The molecule has 0 saturated heterocycles. The Kier molecular flexibility index (Phi) is 3.35. The maximum Gasteiger partial charge on any atom is 0.230 e. The number of aryl methyl sites for hydroxylation is 1. The first kappa shape index (κ1) is 13.1. The SMILES string of the molecule is Cc1cc(NC(=O)C2C3CCC(C3)C2N)ncc1Br. The average Bonchev–Trinajstić information content (AvgIpc) is 2.94. The number of pyridine rings is 1. The topological polar surface area (TPSA) is 68.0 Å². The van der Waals surface area contributed by atoms with Crippen molar-refractivity contribution < 1.29 is 4.79 Å². The minimum Gasteiger partial charge on any atom is -0.327 e. The van der Waals surface area contributed by atoms with Crippen LogP contribution in [0.25, 0.3) is 0 Å². The molecule has 0 radical (unpaired) electrons. The van der Waals surface area contributed by atoms with Crippen molar-refractivity contribution >= 4 is 27.7 Å². The molecule has 2 fully saturated rings. The second-order valence-electron chi connectivity index (χ2n) is 5.74. The molecule has 2 aliphatic rings. The highest BCUT2D eigenvalue weighted by Gasteiger charge is 2.49. The first-order valence-electron chi connectivity index (χ1n) is 6.75. The van der Waals surface area contributed by atoms with Crippen molar-refractivity contribution in [3.05, 3.63) is 22.3 Å². The van der Waals surface area contributed by atoms with Gasteiger partial charge in [0.2, 0.25) is 5.91 Å². The second kappa shape index (κ2) is 4.87. The molecule has 3 rings (SSSR count). The van der Waals surface area contributed by atoms with E-state index in [0.717, 1.165) is 22.9 Å². The van der Waals surface area contributed by atoms with E-state index in [4.69, 9.17) is 5.73 Å². The minimum atomic E-state index is -0.0375. The molecule has 1 heterocycles. The van der Waals surface area contributed by atoms with Crippen molar-refractivity contribution in [1.82, 2.24) is 4.98 Å². The van der Waals surface area contributed by atoms with Crippen LogP contribution in [0.5, 0.6) is 0 Å². The number of rotatable bonds is 2. The maximum absolute atomic E-state index is 12.4. The Morgan fingerprint density at radius 2 is 2.21 bits per heavy atom. The summed E-state index contributed by atoms with van der Waals surface area (Å²) in [6.07, 6.45) is 5.16. The Labute approximate surface area is 121 Å². The summed E-state index contributed by atoms with van der Waals surface area (Å²) in [7, 11) is 0. The zero-order valence-electron chi connectivity index (χ0n) is 10.9. The van der Waals surface area contributed by atoms with E-state index in [1.54, 1.807) is 6.20 Å². The lowest BCUT2D eigenvalue weighted by Crippen LogP contribution is -2.42. The van der Waals surface area contributed by atoms with E-state index in [1.165, 1.54) is 6.42 Å². The van der Waals surface area contributed by atoms with Crippen LogP contribution in [0.4, 0.5) is 5.82 Å². The zero-order chi connectivity index (χ0) is 13.6. The highest BCUT2D eigenvalue weighted by Crippen LogP contribution is 2.47. The molecule has 0 spiro atoms. The highest BCUT2D eigenvalue weighted by molar-refractivity contribution is 9.10. The van der Waals surface area contributed by atoms with Crippen LogP contribution in [-0.2, 0) is 4.79 Å². The van der Waals surface area contributed by atoms with Gasteiger partial charge in [-0.3, -0.25) is 4.79 Å². The lowest BCUT2D eigenvalue weighted by molar-refractivity contribution is -0.121. The predicted molar refractivity (Wildman–Crippen MR) is 77.6 cm³/mol. The summed E-state index contributed by atoms with van der Waals surface area (Å²) in [5.74, 6) is 1.62. The number of carbonyl (C=O) groups is 1. The Hall–Kier alpha value is -0.940. The molecule has 4 atom stereocenters. The van der Waals surface area contributed by atoms with Gasteiger partial charge in [-0.05, 0) is 65.6 Å². The summed E-state index contributed by atoms with van der Waals surface area (Å²) < 4.78 is 0.946. The molecule has 2 bridgehead atoms. The fourth-order valence-electron chi connectivity index (χ4n) is 3.54. The van der Waals surface area contributed by atoms with Gasteiger partial charge in [0.25, 0.3) is 0 Å². The van der Waals surface area contributed by atoms with Crippen molar-refractivity contribution in [2.45, 2.75) is 32.2 Å². The summed E-state index contributed by atoms with van der Waals surface area (Å²) in [6.45, 7) is 1.98. The summed E-state index contributed by atoms with van der Waals surface area (Å²) >= 11 is 3.40. The number of hydrogen-bond donors (Lipinski definition) is 2. The summed E-state index contributed by atoms with van der Waals surface area (Å²) in [4.78, 5) is 16.6. The Morgan fingerprint density at radius 3 is 2.84 bits per heavy atom. The van der Waals surface area contributed by atoms with E-state index < -0.39 is 0 Å². The van der Waals surface area contributed by atoms with E-state index in [9.17, 15) is 4.79 Å². The molecule has 102 valence electrons. The third kappa shape index (κ3) is 2.30. The van der Waals surface area contributed by atoms with Gasteiger partial charge in [-0.1, -0.05) is 0 Å². The summed E-state index contributed by atoms with van der Waals surface area (Å²) in [6, 6.07) is 1.90. The Bertz CT molecular complexity index is 517. The molecular weight excluding hydrogens is 306 g/mol. The Balaban J connectivity index is 1.73. The smallest absolute Gasteiger partial charge is 0.230 e. The monoisotopic (exact) mass is 323 g/mol. The molecule has 5 heteroatoms. The number of hydrogen-bond acceptors (Lipinski definition) is 3. The standard InChI is InChI=1S/C14H18BrN3O/c1-7-4-11(17-6-10(7)15)18-14(19)12-8-2-3-9(5-8)13(12)16/h4,6,8-9,12-13H,2-3,5,16H2,1H3,(H,17,18,19). The number of anilines is 1. The van der Waals surface area contributed by atoms with Gasteiger partial charge in [0.15, 0.2) is 0 Å². The molecule has 4 unspecified atom stereocenters. The molecule has 1 aromatic rings. The molecule has 0 aliphatic heterocycles. The number of nitrogens with two attached hydrogens (primary N) is 1. The minimum absolute atomic E-state index is 0.0234. The average molecular weight is 324 g/mol. The van der Waals surface area contributed by atoms with Gasteiger partial charge in [-0.15, -0.1) is 0 Å². The number of fused-ring (bicyclic) bond motifs is 2. The molecule has 2 saturated carbocycles. The fourth-order valence-corrected chi connectivity index (χ4v) is 3.76. The molecule has 19 heavy (non-hydrogen) atoms. The van der Waals surface area contributed by atoms with Gasteiger partial charge >= 0.3 is 0 Å². The van der Waals surface area contributed by atoms with Gasteiger partial charge in [-0.25, -0.2) is 4.98 Å². The maximum atomic E-state index is 12.4. The zero-order valence-corrected chi connectivity index (χ0v) is 12.5. The highest BCUT2D eigenvalue weighted by atomic mass is 79.9. The van der Waals surface area contributed by atoms with Crippen molar-refractivity contribution in [2.75, 3.05) is 5.32 Å². The van der Waals surface area contributed by atoms with E-state index in [2.05, 4.69) is 26.2 Å². The fraction of sp³-hybridized carbons (Fsp3) is 0.571. The lowest BCUT2D eigenvalue weighted by atomic mass is 9.84. The number of nitrogens with one attached hydrogen (secondary N) is 1. The molecule has 1 aromatic heterocycles. The molecule has 0 aromatic carbocycles. The molecule has 2 aliphatic carbocycles. The van der Waals surface area contributed by atoms with Gasteiger partial charge in [0, 0.05) is 16.7 Å². The van der Waals surface area contributed by atoms with Gasteiger partial charge in [-0.2, -0.15) is 0 Å². The molecular formula is C14H18BrN3O. The van der Waals surface area contributed by atoms with Crippen LogP contribution in [0.2, 0.25) is 0 Å². The third-order valence-corrected chi connectivity index (χ3v) is 5.41. The number of nitrogens with zero attached hydrogens (tertiary/aromatic N) is 1. The quantitative estimate of drug-likeness (QED) is 0.878. The lowest BCUT2D eigenvalue weighted by Gasteiger charge is -2.26. The van der Waals surface area contributed by atoms with Crippen molar-refractivity contribution in [1.29, 1.82) is 0 Å². The number of aromatic nitrogens is 1. The largest absolute Gasteiger partial charge is 0.327 e. The predicted octanol–water partition coefficient (Wildman–Crippen LogP) is 2.46. The van der Waals surface area contributed by atoms with Crippen molar-refractivity contribution in [3.8, 4) is 0 Å². The van der Waals surface area contributed by atoms with E-state index in [-0.39, 0.29) is 17.9 Å². The first-order chi connectivity index (χ1) is 9.06. The number of carbonyl (C=O) groups excluding carboxylic acids is 1. The first-order valence-corrected chi connectivity index (χ1v) is 7.54. The van der Waals surface area contributed by atoms with Gasteiger partial charge < -0.3 is 11.1 Å². The summed E-state index contributed by atoms with van der Waals surface area (Å²) in [5.41, 5.74) is 7.24. The number of amides is 1. The van der Waals surface area contributed by atoms with Crippen LogP contribution in [0, 0.1) is 24.7 Å². The van der Waals surface area contributed by atoms with Crippen LogP contribution in [-0.4, -0.2) is 16.9 Å². The van der Waals surface area contributed by atoms with Crippen LogP contribution >= 0.6 is 15.9 Å². The van der Waals surface area contributed by atoms with Crippen molar-refractivity contribution in [2.24, 2.45) is 23.5 Å². The van der Waals surface area contributed by atoms with E-state index >= 15 is 0 Å². The van der Waals surface area contributed by atoms with Crippen molar-refractivity contribution in [3.63, 3.8) is 0 Å². The van der Waals surface area contributed by atoms with Gasteiger partial charge in [0.1, 0.15) is 5.82 Å². The van der Waals surface area contributed by atoms with Crippen LogP contribution in [0.3, 0.4) is 0 Å². The molecule has 3 N–H and O–H groups in total. The van der Waals surface area contributed by atoms with Gasteiger partial charge in [0.05, 0.1) is 5.92 Å². The van der Waals surface area contributed by atoms with Crippen LogP contribution < -0.4 is 11.1 Å². The van der Waals surface area contributed by atoms with E-state index in [0.29, 0.717) is 17.7 Å². The Morgan fingerprint density at radius 1 is 1.47 bits per heavy atom. The number of halogens is 1. The van der Waals surface area contributed by atoms with Crippen LogP contribution in [0.1, 0.15) is 24.8 Å².